The lowest BCUT2D eigenvalue weighted by Crippen LogP contribution is -2.51. The molecule has 1 aromatic heterocycles. The molecule has 0 saturated heterocycles. The molecule has 0 radical (unpaired) electrons. The number of carbonyl (C=O) groups excluding carboxylic acids is 2. The van der Waals surface area contributed by atoms with E-state index < -0.39 is 0 Å². The predicted molar refractivity (Wildman–Crippen MR) is 119 cm³/mol. The Balaban J connectivity index is 1.35. The van der Waals surface area contributed by atoms with Crippen LogP contribution in [0, 0.1) is 23.2 Å². The van der Waals surface area contributed by atoms with E-state index in [1.807, 2.05) is 17.5 Å². The maximum absolute atomic E-state index is 13.1. The highest BCUT2D eigenvalue weighted by atomic mass is 35.5. The molecule has 4 fully saturated rings. The van der Waals surface area contributed by atoms with Gasteiger partial charge in [-0.1, -0.05) is 17.7 Å². The van der Waals surface area contributed by atoms with Crippen molar-refractivity contribution in [1.82, 2.24) is 5.32 Å². The number of carbonyl (C=O) groups is 2. The second kappa shape index (κ2) is 7.69. The normalized spacial score (nSPS) is 29.1. The molecule has 0 spiro atoms. The van der Waals surface area contributed by atoms with Crippen molar-refractivity contribution < 1.29 is 14.3 Å². The molecule has 4 nitrogen and oxygen atoms in total. The third kappa shape index (κ3) is 3.56. The lowest BCUT2D eigenvalue weighted by atomic mass is 9.49. The van der Waals surface area contributed by atoms with Crippen LogP contribution in [0.2, 0.25) is 5.02 Å². The highest BCUT2D eigenvalue weighted by molar-refractivity contribution is 7.12. The molecule has 4 aliphatic carbocycles. The van der Waals surface area contributed by atoms with E-state index in [-0.39, 0.29) is 17.3 Å². The molecule has 6 rings (SSSR count). The van der Waals surface area contributed by atoms with Crippen LogP contribution in [0.3, 0.4) is 0 Å². The molecule has 158 valence electrons. The van der Waals surface area contributed by atoms with E-state index in [1.54, 1.807) is 12.1 Å². The highest BCUT2D eigenvalue weighted by Crippen LogP contribution is 2.59. The minimum absolute atomic E-state index is 0.132. The molecule has 4 aliphatic rings. The zero-order valence-corrected chi connectivity index (χ0v) is 18.7. The molecule has 4 bridgehead atoms. The van der Waals surface area contributed by atoms with E-state index in [4.69, 9.17) is 16.3 Å². The topological polar surface area (TPSA) is 55.4 Å². The summed E-state index contributed by atoms with van der Waals surface area (Å²) in [5, 5.41) is 5.48. The molecule has 0 atom stereocenters. The molecular formula is C24H26ClNO3S. The third-order valence-electron chi connectivity index (χ3n) is 7.35. The standard InChI is InChI=1S/C24H26ClNO3S/c1-29-23(28)21-18(4-5-30-21)17-2-3-20(25)19(9-17)22(27)26-13-24-10-14-6-15(11-24)8-16(7-14)12-24/h2-5,9,14-16H,6-8,10-13H2,1H3,(H,26,27). The number of benzene rings is 1. The van der Waals surface area contributed by atoms with E-state index >= 15 is 0 Å². The molecule has 4 saturated carbocycles. The summed E-state index contributed by atoms with van der Waals surface area (Å²) in [7, 11) is 1.37. The van der Waals surface area contributed by atoms with Gasteiger partial charge in [0.15, 0.2) is 0 Å². The molecule has 2 aromatic rings. The van der Waals surface area contributed by atoms with Crippen LogP contribution < -0.4 is 5.32 Å². The summed E-state index contributed by atoms with van der Waals surface area (Å²) in [4.78, 5) is 25.6. The molecule has 1 heterocycles. The van der Waals surface area contributed by atoms with Gasteiger partial charge in [0.2, 0.25) is 0 Å². The predicted octanol–water partition coefficient (Wildman–Crippen LogP) is 5.80. The van der Waals surface area contributed by atoms with Crippen LogP contribution >= 0.6 is 22.9 Å². The van der Waals surface area contributed by atoms with Gasteiger partial charge in [-0.25, -0.2) is 4.79 Å². The summed E-state index contributed by atoms with van der Waals surface area (Å²) in [5.41, 5.74) is 2.29. The van der Waals surface area contributed by atoms with Gasteiger partial charge in [-0.3, -0.25) is 4.79 Å². The van der Waals surface area contributed by atoms with Gasteiger partial charge in [0, 0.05) is 12.1 Å². The Hall–Kier alpha value is -1.85. The number of rotatable bonds is 5. The lowest BCUT2D eigenvalue weighted by molar-refractivity contribution is -0.0503. The van der Waals surface area contributed by atoms with Gasteiger partial charge >= 0.3 is 5.97 Å². The molecule has 6 heteroatoms. The summed E-state index contributed by atoms with van der Waals surface area (Å²) in [6, 6.07) is 7.23. The van der Waals surface area contributed by atoms with Gasteiger partial charge in [0.05, 0.1) is 17.7 Å². The van der Waals surface area contributed by atoms with Crippen LogP contribution in [-0.4, -0.2) is 25.5 Å². The first-order valence-electron chi connectivity index (χ1n) is 10.7. The summed E-state index contributed by atoms with van der Waals surface area (Å²) in [5.74, 6) is 2.07. The Morgan fingerprint density at radius 3 is 2.43 bits per heavy atom. The fraction of sp³-hybridized carbons (Fsp3) is 0.500. The SMILES string of the molecule is COC(=O)c1sccc1-c1ccc(Cl)c(C(=O)NCC23CC4CC(CC(C4)C2)C3)c1. The first-order chi connectivity index (χ1) is 14.5. The molecule has 1 aromatic carbocycles. The zero-order valence-electron chi connectivity index (χ0n) is 17.1. The quantitative estimate of drug-likeness (QED) is 0.594. The Morgan fingerprint density at radius 2 is 1.80 bits per heavy atom. The van der Waals surface area contributed by atoms with Crippen LogP contribution in [0.25, 0.3) is 11.1 Å². The highest BCUT2D eigenvalue weighted by Gasteiger charge is 2.50. The number of methoxy groups -OCH3 is 1. The van der Waals surface area contributed by atoms with Gasteiger partial charge in [-0.15, -0.1) is 11.3 Å². The minimum Gasteiger partial charge on any atom is -0.465 e. The first kappa shape index (κ1) is 20.1. The number of ether oxygens (including phenoxy) is 1. The summed E-state index contributed by atoms with van der Waals surface area (Å²) in [6.07, 6.45) is 7.94. The van der Waals surface area contributed by atoms with Crippen molar-refractivity contribution in [2.45, 2.75) is 38.5 Å². The van der Waals surface area contributed by atoms with E-state index in [0.29, 0.717) is 15.5 Å². The number of nitrogens with one attached hydrogen (secondary N) is 1. The average Bonchev–Trinajstić information content (AvgIpc) is 3.21. The van der Waals surface area contributed by atoms with Crippen molar-refractivity contribution in [3.63, 3.8) is 0 Å². The van der Waals surface area contributed by atoms with Gasteiger partial charge in [-0.2, -0.15) is 0 Å². The summed E-state index contributed by atoms with van der Waals surface area (Å²) >= 11 is 7.72. The van der Waals surface area contributed by atoms with Crippen LogP contribution in [0.4, 0.5) is 0 Å². The Labute approximate surface area is 186 Å². The number of esters is 1. The molecule has 0 aliphatic heterocycles. The Kier molecular flexibility index (Phi) is 5.14. The fourth-order valence-corrected chi connectivity index (χ4v) is 7.56. The van der Waals surface area contributed by atoms with Crippen molar-refractivity contribution in [3.05, 3.63) is 45.1 Å². The van der Waals surface area contributed by atoms with Crippen molar-refractivity contribution in [3.8, 4) is 11.1 Å². The number of amides is 1. The first-order valence-corrected chi connectivity index (χ1v) is 12.0. The molecule has 1 N–H and O–H groups in total. The summed E-state index contributed by atoms with van der Waals surface area (Å²) in [6.45, 7) is 0.738. The second-order valence-corrected chi connectivity index (χ2v) is 10.8. The van der Waals surface area contributed by atoms with Crippen molar-refractivity contribution in [1.29, 1.82) is 0 Å². The molecule has 1 amide bonds. The van der Waals surface area contributed by atoms with Gasteiger partial charge < -0.3 is 10.1 Å². The van der Waals surface area contributed by atoms with Gasteiger partial charge in [0.1, 0.15) is 4.88 Å². The molecule has 0 unspecified atom stereocenters. The number of thiophene rings is 1. The number of hydrogen-bond donors (Lipinski definition) is 1. The summed E-state index contributed by atoms with van der Waals surface area (Å²) < 4.78 is 4.88. The maximum Gasteiger partial charge on any atom is 0.348 e. The van der Waals surface area contributed by atoms with Crippen LogP contribution in [0.5, 0.6) is 0 Å². The van der Waals surface area contributed by atoms with E-state index in [1.165, 1.54) is 57.0 Å². The monoisotopic (exact) mass is 443 g/mol. The van der Waals surface area contributed by atoms with Crippen LogP contribution in [0.1, 0.15) is 58.6 Å². The number of hydrogen-bond acceptors (Lipinski definition) is 4. The van der Waals surface area contributed by atoms with E-state index in [9.17, 15) is 9.59 Å². The number of halogens is 1. The van der Waals surface area contributed by atoms with Crippen molar-refractivity contribution in [2.24, 2.45) is 23.2 Å². The van der Waals surface area contributed by atoms with Gasteiger partial charge in [-0.05, 0) is 90.8 Å². The Morgan fingerprint density at radius 1 is 1.13 bits per heavy atom. The zero-order chi connectivity index (χ0) is 20.9. The van der Waals surface area contributed by atoms with Crippen LogP contribution in [0.15, 0.2) is 29.6 Å². The Bertz CT molecular complexity index is 963. The lowest BCUT2D eigenvalue weighted by Gasteiger charge is -2.56. The van der Waals surface area contributed by atoms with Crippen LogP contribution in [-0.2, 0) is 4.74 Å². The largest absolute Gasteiger partial charge is 0.465 e. The van der Waals surface area contributed by atoms with Crippen molar-refractivity contribution in [2.75, 3.05) is 13.7 Å². The smallest absolute Gasteiger partial charge is 0.348 e. The van der Waals surface area contributed by atoms with Crippen molar-refractivity contribution >= 4 is 34.8 Å². The van der Waals surface area contributed by atoms with E-state index in [0.717, 1.165) is 35.4 Å². The van der Waals surface area contributed by atoms with E-state index in [2.05, 4.69) is 5.32 Å². The third-order valence-corrected chi connectivity index (χ3v) is 8.57. The fourth-order valence-electron chi connectivity index (χ4n) is 6.52. The second-order valence-electron chi connectivity index (χ2n) is 9.45. The maximum atomic E-state index is 13.1. The average molecular weight is 444 g/mol. The molecule has 30 heavy (non-hydrogen) atoms. The minimum atomic E-state index is -0.372. The van der Waals surface area contributed by atoms with Gasteiger partial charge in [0.25, 0.3) is 5.91 Å². The molecular weight excluding hydrogens is 418 g/mol.